The average molecular weight is 290 g/mol. The minimum Gasteiger partial charge on any atom is -0.166 e. The number of hydrogen-bond acceptors (Lipinski definition) is 2. The summed E-state index contributed by atoms with van der Waals surface area (Å²) in [4.78, 5) is -1.56. The molecule has 0 amide bonds. The van der Waals surface area contributed by atoms with Crippen molar-refractivity contribution in [3.05, 3.63) is 21.4 Å². The lowest BCUT2D eigenvalue weighted by Gasteiger charge is -2.10. The van der Waals surface area contributed by atoms with Gasteiger partial charge in [0.2, 0.25) is 0 Å². The first-order valence-corrected chi connectivity index (χ1v) is 5.97. The van der Waals surface area contributed by atoms with E-state index in [2.05, 4.69) is 0 Å². The van der Waals surface area contributed by atoms with Gasteiger partial charge in [0.25, 0.3) is 0 Å². The van der Waals surface area contributed by atoms with E-state index in [1.165, 1.54) is 12.3 Å². The van der Waals surface area contributed by atoms with Crippen LogP contribution in [0.5, 0.6) is 0 Å². The molecule has 8 heteroatoms. The Balaban J connectivity index is 2.84. The zero-order valence-corrected chi connectivity index (χ0v) is 9.79. The van der Waals surface area contributed by atoms with Crippen LogP contribution < -0.4 is 0 Å². The maximum absolute atomic E-state index is 12.7. The van der Waals surface area contributed by atoms with Crippen LogP contribution in [-0.2, 0) is 12.4 Å². The van der Waals surface area contributed by atoms with Gasteiger partial charge in [0.1, 0.15) is 4.88 Å². The van der Waals surface area contributed by atoms with Gasteiger partial charge in [-0.15, -0.1) is 22.7 Å². The van der Waals surface area contributed by atoms with Gasteiger partial charge in [0, 0.05) is 4.70 Å². The van der Waals surface area contributed by atoms with Crippen molar-refractivity contribution in [3.63, 3.8) is 0 Å². The molecule has 0 nitrogen and oxygen atoms in total. The topological polar surface area (TPSA) is 0 Å². The Bertz CT molecular complexity index is 556. The zero-order valence-electron chi connectivity index (χ0n) is 8.16. The molecule has 17 heavy (non-hydrogen) atoms. The molecule has 0 N–H and O–H groups in total. The number of thiophene rings is 2. The molecule has 0 unspecified atom stereocenters. The molecule has 2 aromatic heterocycles. The van der Waals surface area contributed by atoms with Crippen molar-refractivity contribution in [2.75, 3.05) is 0 Å². The molecule has 2 rings (SSSR count). The van der Waals surface area contributed by atoms with Crippen LogP contribution in [0, 0.1) is 6.92 Å². The summed E-state index contributed by atoms with van der Waals surface area (Å²) in [5.74, 6) is 0. The van der Waals surface area contributed by atoms with Crippen molar-refractivity contribution in [1.29, 1.82) is 0 Å². The van der Waals surface area contributed by atoms with Crippen molar-refractivity contribution in [2.45, 2.75) is 19.3 Å². The normalized spacial score (nSPS) is 13.6. The highest BCUT2D eigenvalue weighted by atomic mass is 32.1. The highest BCUT2D eigenvalue weighted by Gasteiger charge is 2.47. The minimum atomic E-state index is -4.99. The van der Waals surface area contributed by atoms with Gasteiger partial charge in [-0.2, -0.15) is 26.3 Å². The number of aryl methyl sites for hydroxylation is 1. The summed E-state index contributed by atoms with van der Waals surface area (Å²) >= 11 is 0.851. The van der Waals surface area contributed by atoms with E-state index >= 15 is 0 Å². The van der Waals surface area contributed by atoms with Gasteiger partial charge >= 0.3 is 12.4 Å². The molecule has 0 saturated heterocycles. The first-order chi connectivity index (χ1) is 7.62. The lowest BCUT2D eigenvalue weighted by Crippen LogP contribution is -2.13. The molecule has 0 fully saturated rings. The van der Waals surface area contributed by atoms with Crippen molar-refractivity contribution in [2.24, 2.45) is 0 Å². The quantitative estimate of drug-likeness (QED) is 0.577. The van der Waals surface area contributed by atoms with Crippen LogP contribution in [0.1, 0.15) is 16.0 Å². The summed E-state index contributed by atoms with van der Waals surface area (Å²) in [7, 11) is 0. The van der Waals surface area contributed by atoms with E-state index in [1.54, 1.807) is 0 Å². The summed E-state index contributed by atoms with van der Waals surface area (Å²) in [6.45, 7) is 1.50. The van der Waals surface area contributed by atoms with E-state index in [-0.39, 0.29) is 20.7 Å². The SMILES string of the molecule is Cc1csc2c(C(F)(F)F)c(C(F)(F)F)sc12. The fourth-order valence-corrected chi connectivity index (χ4v) is 3.93. The molecule has 0 radical (unpaired) electrons. The highest BCUT2D eigenvalue weighted by molar-refractivity contribution is 7.27. The lowest BCUT2D eigenvalue weighted by atomic mass is 10.2. The maximum atomic E-state index is 12.7. The summed E-state index contributed by atoms with van der Waals surface area (Å²) < 4.78 is 75.4. The third-order valence-electron chi connectivity index (χ3n) is 2.12. The van der Waals surface area contributed by atoms with Crippen LogP contribution in [0.4, 0.5) is 26.3 Å². The first kappa shape index (κ1) is 12.7. The number of rotatable bonds is 0. The molecule has 0 aromatic carbocycles. The summed E-state index contributed by atoms with van der Waals surface area (Å²) in [6.07, 6.45) is -9.96. The van der Waals surface area contributed by atoms with Gasteiger partial charge < -0.3 is 0 Å². The van der Waals surface area contributed by atoms with E-state index in [4.69, 9.17) is 0 Å². The molecule has 2 aromatic rings. The predicted molar refractivity (Wildman–Crippen MR) is 54.4 cm³/mol. The zero-order chi connectivity index (χ0) is 13.0. The Morgan fingerprint density at radius 1 is 0.941 bits per heavy atom. The van der Waals surface area contributed by atoms with Crippen LogP contribution in [-0.4, -0.2) is 0 Å². The summed E-state index contributed by atoms with van der Waals surface area (Å²) in [5.41, 5.74) is -1.11. The molecule has 0 bridgehead atoms. The van der Waals surface area contributed by atoms with Crippen LogP contribution in [0.3, 0.4) is 0 Å². The second-order valence-corrected chi connectivity index (χ2v) is 5.28. The van der Waals surface area contributed by atoms with Crippen molar-refractivity contribution >= 4 is 32.1 Å². The molecule has 94 valence electrons. The lowest BCUT2D eigenvalue weighted by molar-refractivity contribution is -0.158. The largest absolute Gasteiger partial charge is 0.426 e. The van der Waals surface area contributed by atoms with Crippen molar-refractivity contribution < 1.29 is 26.3 Å². The maximum Gasteiger partial charge on any atom is 0.426 e. The van der Waals surface area contributed by atoms with Crippen molar-refractivity contribution in [3.8, 4) is 0 Å². The van der Waals surface area contributed by atoms with Gasteiger partial charge in [-0.05, 0) is 17.9 Å². The fraction of sp³-hybridized carbons (Fsp3) is 0.333. The Kier molecular flexibility index (Phi) is 2.70. The van der Waals surface area contributed by atoms with E-state index in [1.807, 2.05) is 0 Å². The van der Waals surface area contributed by atoms with E-state index < -0.39 is 22.8 Å². The Labute approximate surface area is 99.5 Å². The summed E-state index contributed by atoms with van der Waals surface area (Å²) in [6, 6.07) is 0. The molecule has 0 aliphatic rings. The fourth-order valence-electron chi connectivity index (χ4n) is 1.45. The van der Waals surface area contributed by atoms with E-state index in [9.17, 15) is 26.3 Å². The standard InChI is InChI=1S/C9H4F6S2/c1-3-2-16-6-4(8(10,11)12)7(9(13,14)15)17-5(3)6/h2H,1H3. The van der Waals surface area contributed by atoms with Gasteiger partial charge in [-0.25, -0.2) is 0 Å². The van der Waals surface area contributed by atoms with Gasteiger partial charge in [0.15, 0.2) is 0 Å². The van der Waals surface area contributed by atoms with Crippen molar-refractivity contribution in [1.82, 2.24) is 0 Å². The van der Waals surface area contributed by atoms with E-state index in [0.29, 0.717) is 16.9 Å². The first-order valence-electron chi connectivity index (χ1n) is 4.27. The number of alkyl halides is 6. The molecule has 0 spiro atoms. The number of halogens is 6. The van der Waals surface area contributed by atoms with Crippen LogP contribution in [0.2, 0.25) is 0 Å². The van der Waals surface area contributed by atoms with E-state index in [0.717, 1.165) is 0 Å². The minimum absolute atomic E-state index is 0.0645. The smallest absolute Gasteiger partial charge is 0.166 e. The molecule has 0 aliphatic carbocycles. The number of hydrogen-bond donors (Lipinski definition) is 0. The molecule has 0 saturated carbocycles. The molecule has 0 aliphatic heterocycles. The van der Waals surface area contributed by atoms with Crippen LogP contribution >= 0.6 is 22.7 Å². The molecule has 0 atom stereocenters. The number of fused-ring (bicyclic) bond motifs is 1. The second kappa shape index (κ2) is 3.61. The van der Waals surface area contributed by atoms with Crippen LogP contribution in [0.25, 0.3) is 9.40 Å². The molecule has 2 heterocycles. The molecular formula is C9H4F6S2. The highest BCUT2D eigenvalue weighted by Crippen LogP contribution is 2.51. The van der Waals surface area contributed by atoms with Gasteiger partial charge in [0.05, 0.1) is 10.3 Å². The third-order valence-corrected chi connectivity index (χ3v) is 4.73. The van der Waals surface area contributed by atoms with Gasteiger partial charge in [-0.1, -0.05) is 0 Å². The predicted octanol–water partition coefficient (Wildman–Crippen LogP) is 5.31. The third kappa shape index (κ3) is 2.03. The average Bonchev–Trinajstić information content (AvgIpc) is 2.63. The monoisotopic (exact) mass is 290 g/mol. The second-order valence-electron chi connectivity index (χ2n) is 3.38. The summed E-state index contributed by atoms with van der Waals surface area (Å²) in [5, 5.41) is 1.43. The molecular weight excluding hydrogens is 286 g/mol. The Morgan fingerprint density at radius 2 is 1.53 bits per heavy atom. The van der Waals surface area contributed by atoms with Crippen LogP contribution in [0.15, 0.2) is 5.38 Å². The Morgan fingerprint density at radius 3 is 2.00 bits per heavy atom. The van der Waals surface area contributed by atoms with Gasteiger partial charge in [-0.3, -0.25) is 0 Å². The Hall–Kier alpha value is -0.760.